The lowest BCUT2D eigenvalue weighted by atomic mass is 10.2. The molecular weight excluding hydrogens is 460 g/mol. The van der Waals surface area contributed by atoms with E-state index in [0.29, 0.717) is 28.4 Å². The predicted octanol–water partition coefficient (Wildman–Crippen LogP) is 5.55. The van der Waals surface area contributed by atoms with E-state index in [9.17, 15) is 4.79 Å². The highest BCUT2D eigenvalue weighted by molar-refractivity contribution is 7.99. The Morgan fingerprint density at radius 1 is 1.18 bits per heavy atom. The number of nitrogens with one attached hydrogen (secondary N) is 1. The van der Waals surface area contributed by atoms with Gasteiger partial charge in [-0.2, -0.15) is 0 Å². The van der Waals surface area contributed by atoms with Gasteiger partial charge in [-0.25, -0.2) is 0 Å². The van der Waals surface area contributed by atoms with Crippen molar-refractivity contribution in [3.8, 4) is 22.8 Å². The minimum absolute atomic E-state index is 0.130. The first-order valence-corrected chi connectivity index (χ1v) is 11.8. The fraction of sp³-hybridized carbons (Fsp3) is 0.208. The van der Waals surface area contributed by atoms with E-state index >= 15 is 0 Å². The number of hydrogen-bond donors (Lipinski definition) is 1. The van der Waals surface area contributed by atoms with Crippen molar-refractivity contribution in [2.24, 2.45) is 0 Å². The van der Waals surface area contributed by atoms with Crippen LogP contribution in [0.2, 0.25) is 5.02 Å². The number of rotatable bonds is 9. The second kappa shape index (κ2) is 10.6. The molecule has 2 heterocycles. The lowest BCUT2D eigenvalue weighted by Gasteiger charge is -2.13. The second-order valence-corrected chi connectivity index (χ2v) is 8.55. The van der Waals surface area contributed by atoms with Crippen molar-refractivity contribution < 1.29 is 13.9 Å². The molecule has 4 rings (SSSR count). The first-order valence-electron chi connectivity index (χ1n) is 10.5. The van der Waals surface area contributed by atoms with Gasteiger partial charge in [0.1, 0.15) is 11.5 Å². The molecule has 0 bridgehead atoms. The molecule has 33 heavy (non-hydrogen) atoms. The minimum Gasteiger partial charge on any atom is -0.494 e. The van der Waals surface area contributed by atoms with Crippen molar-refractivity contribution in [2.75, 3.05) is 12.4 Å². The first kappa shape index (κ1) is 22.9. The molecular formula is C24H23ClN4O3S. The van der Waals surface area contributed by atoms with Crippen LogP contribution < -0.4 is 10.1 Å². The topological polar surface area (TPSA) is 82.2 Å². The number of carbonyl (C=O) groups excluding carboxylic acids is 1. The number of aromatic nitrogens is 3. The maximum Gasteiger partial charge on any atom is 0.231 e. The van der Waals surface area contributed by atoms with Gasteiger partial charge in [0.25, 0.3) is 0 Å². The molecule has 1 atom stereocenters. The zero-order valence-electron chi connectivity index (χ0n) is 18.2. The zero-order chi connectivity index (χ0) is 23.2. The molecule has 9 heteroatoms. The third kappa shape index (κ3) is 5.58. The number of nitrogens with zero attached hydrogens (tertiary/aromatic N) is 3. The summed E-state index contributed by atoms with van der Waals surface area (Å²) in [6.45, 7) is 4.41. The van der Waals surface area contributed by atoms with E-state index in [1.54, 1.807) is 12.3 Å². The summed E-state index contributed by atoms with van der Waals surface area (Å²) in [5.74, 6) is 2.16. The normalized spacial score (nSPS) is 11.8. The highest BCUT2D eigenvalue weighted by Crippen LogP contribution is 2.30. The molecule has 2 aromatic carbocycles. The van der Waals surface area contributed by atoms with Gasteiger partial charge in [0.2, 0.25) is 5.91 Å². The summed E-state index contributed by atoms with van der Waals surface area (Å²) in [5, 5.41) is 12.9. The van der Waals surface area contributed by atoms with Gasteiger partial charge in [0, 0.05) is 16.3 Å². The summed E-state index contributed by atoms with van der Waals surface area (Å²) < 4.78 is 12.8. The molecule has 0 saturated carbocycles. The highest BCUT2D eigenvalue weighted by Gasteiger charge is 2.19. The standard InChI is InChI=1S/C24H23ClN4O3S/c1-3-31-20-11-9-19(10-12-20)29-23(17-6-4-7-18(25)14-17)27-28-24(29)33-15-22(30)26-16(2)21-8-5-13-32-21/h4-14,16H,3,15H2,1-2H3,(H,26,30). The van der Waals surface area contributed by atoms with Crippen LogP contribution >= 0.6 is 23.4 Å². The van der Waals surface area contributed by atoms with Crippen LogP contribution in [0.1, 0.15) is 25.6 Å². The van der Waals surface area contributed by atoms with Crippen LogP contribution in [-0.4, -0.2) is 33.0 Å². The van der Waals surface area contributed by atoms with Crippen molar-refractivity contribution in [1.29, 1.82) is 0 Å². The van der Waals surface area contributed by atoms with Crippen molar-refractivity contribution in [3.05, 3.63) is 77.7 Å². The van der Waals surface area contributed by atoms with Gasteiger partial charge in [-0.1, -0.05) is 35.5 Å². The summed E-state index contributed by atoms with van der Waals surface area (Å²) in [6.07, 6.45) is 1.59. The zero-order valence-corrected chi connectivity index (χ0v) is 19.8. The number of ether oxygens (including phenoxy) is 1. The van der Waals surface area contributed by atoms with E-state index in [0.717, 1.165) is 17.0 Å². The van der Waals surface area contributed by atoms with Gasteiger partial charge in [0.05, 0.1) is 24.7 Å². The molecule has 1 N–H and O–H groups in total. The van der Waals surface area contributed by atoms with Gasteiger partial charge < -0.3 is 14.5 Å². The van der Waals surface area contributed by atoms with Crippen molar-refractivity contribution in [3.63, 3.8) is 0 Å². The Hall–Kier alpha value is -3.23. The van der Waals surface area contributed by atoms with Crippen LogP contribution in [0.3, 0.4) is 0 Å². The molecule has 0 aliphatic carbocycles. The van der Waals surface area contributed by atoms with E-state index in [2.05, 4.69) is 15.5 Å². The molecule has 0 aliphatic rings. The lowest BCUT2D eigenvalue weighted by molar-refractivity contribution is -0.119. The van der Waals surface area contributed by atoms with Crippen LogP contribution in [0.5, 0.6) is 5.75 Å². The molecule has 0 fully saturated rings. The molecule has 7 nitrogen and oxygen atoms in total. The van der Waals surface area contributed by atoms with E-state index in [-0.39, 0.29) is 17.7 Å². The van der Waals surface area contributed by atoms with Gasteiger partial charge in [-0.05, 0) is 62.4 Å². The fourth-order valence-electron chi connectivity index (χ4n) is 3.29. The predicted molar refractivity (Wildman–Crippen MR) is 129 cm³/mol. The van der Waals surface area contributed by atoms with E-state index in [4.69, 9.17) is 20.8 Å². The average Bonchev–Trinajstić information content (AvgIpc) is 3.49. The molecule has 0 saturated heterocycles. The third-order valence-electron chi connectivity index (χ3n) is 4.80. The molecule has 4 aromatic rings. The number of hydrogen-bond acceptors (Lipinski definition) is 6. The van der Waals surface area contributed by atoms with Crippen LogP contribution in [0, 0.1) is 0 Å². The quantitative estimate of drug-likeness (QED) is 0.315. The Balaban J connectivity index is 1.59. The Bertz CT molecular complexity index is 1210. The number of amides is 1. The SMILES string of the molecule is CCOc1ccc(-n2c(SCC(=O)NC(C)c3ccco3)nnc2-c2cccc(Cl)c2)cc1. The van der Waals surface area contributed by atoms with E-state index in [1.165, 1.54) is 11.8 Å². The Morgan fingerprint density at radius 3 is 2.70 bits per heavy atom. The summed E-state index contributed by atoms with van der Waals surface area (Å²) in [6, 6.07) is 18.5. The number of halogens is 1. The van der Waals surface area contributed by atoms with Gasteiger partial charge >= 0.3 is 0 Å². The summed E-state index contributed by atoms with van der Waals surface area (Å²) in [5.41, 5.74) is 1.68. The Labute approximate surface area is 201 Å². The number of thioether (sulfide) groups is 1. The van der Waals surface area contributed by atoms with Crippen LogP contribution in [0.25, 0.3) is 17.1 Å². The summed E-state index contributed by atoms with van der Waals surface area (Å²) in [7, 11) is 0. The first-order chi connectivity index (χ1) is 16.0. The maximum atomic E-state index is 12.5. The van der Waals surface area contributed by atoms with Crippen molar-refractivity contribution in [1.82, 2.24) is 20.1 Å². The maximum absolute atomic E-state index is 12.5. The van der Waals surface area contributed by atoms with Gasteiger partial charge in [-0.3, -0.25) is 9.36 Å². The lowest BCUT2D eigenvalue weighted by Crippen LogP contribution is -2.28. The molecule has 170 valence electrons. The Kier molecular flexibility index (Phi) is 7.36. The van der Waals surface area contributed by atoms with Crippen molar-refractivity contribution in [2.45, 2.75) is 25.0 Å². The Morgan fingerprint density at radius 2 is 2.00 bits per heavy atom. The third-order valence-corrected chi connectivity index (χ3v) is 5.97. The fourth-order valence-corrected chi connectivity index (χ4v) is 4.24. The molecule has 2 aromatic heterocycles. The van der Waals surface area contributed by atoms with Gasteiger partial charge in [-0.15, -0.1) is 10.2 Å². The van der Waals surface area contributed by atoms with E-state index < -0.39 is 0 Å². The average molecular weight is 483 g/mol. The number of carbonyl (C=O) groups is 1. The van der Waals surface area contributed by atoms with Crippen LogP contribution in [0.4, 0.5) is 0 Å². The number of benzene rings is 2. The van der Waals surface area contributed by atoms with Crippen LogP contribution in [-0.2, 0) is 4.79 Å². The molecule has 0 aliphatic heterocycles. The highest BCUT2D eigenvalue weighted by atomic mass is 35.5. The monoisotopic (exact) mass is 482 g/mol. The van der Waals surface area contributed by atoms with E-state index in [1.807, 2.05) is 73.0 Å². The molecule has 1 amide bonds. The number of furan rings is 1. The smallest absolute Gasteiger partial charge is 0.231 e. The molecule has 0 radical (unpaired) electrons. The second-order valence-electron chi connectivity index (χ2n) is 7.17. The summed E-state index contributed by atoms with van der Waals surface area (Å²) in [4.78, 5) is 12.5. The molecule has 0 spiro atoms. The molecule has 1 unspecified atom stereocenters. The van der Waals surface area contributed by atoms with Crippen LogP contribution in [0.15, 0.2) is 76.5 Å². The minimum atomic E-state index is -0.223. The largest absolute Gasteiger partial charge is 0.494 e. The van der Waals surface area contributed by atoms with Gasteiger partial charge in [0.15, 0.2) is 11.0 Å². The van der Waals surface area contributed by atoms with Crippen molar-refractivity contribution >= 4 is 29.3 Å². The summed E-state index contributed by atoms with van der Waals surface area (Å²) >= 11 is 7.51.